The number of aliphatic hydroxyl groups is 1. The molecule has 1 atom stereocenters. The van der Waals surface area contributed by atoms with Crippen molar-refractivity contribution in [3.05, 3.63) is 28.2 Å². The number of ether oxygens (including phenoxy) is 1. The number of fused-ring (bicyclic) bond motifs is 1. The molecule has 0 saturated carbocycles. The minimum absolute atomic E-state index is 0.249. The highest BCUT2D eigenvalue weighted by Crippen LogP contribution is 2.47. The van der Waals surface area contributed by atoms with Gasteiger partial charge in [0.25, 0.3) is 0 Å². The van der Waals surface area contributed by atoms with Gasteiger partial charge < -0.3 is 19.8 Å². The summed E-state index contributed by atoms with van der Waals surface area (Å²) in [5, 5.41) is 40.8. The van der Waals surface area contributed by atoms with E-state index in [9.17, 15) is 9.90 Å². The van der Waals surface area contributed by atoms with Crippen LogP contribution in [-0.2, 0) is 11.3 Å². The maximum atomic E-state index is 10.8. The summed E-state index contributed by atoms with van der Waals surface area (Å²) in [5.74, 6) is -0.0659. The lowest BCUT2D eigenvalue weighted by Gasteiger charge is -2.46. The topological polar surface area (TPSA) is 139 Å². The quantitative estimate of drug-likeness (QED) is 0.537. The van der Waals surface area contributed by atoms with E-state index in [0.717, 1.165) is 38.6 Å². The van der Waals surface area contributed by atoms with E-state index in [-0.39, 0.29) is 12.4 Å². The zero-order chi connectivity index (χ0) is 21.6. The SMILES string of the molecule is O=C(O)Cn1nnc(-c2nnc(N3CCC4(CC3)CC(O)c3c(Br)cccc3O4)s2)n1. The molecular formula is C18H18BrN7O4S. The Kier molecular flexibility index (Phi) is 5.10. The summed E-state index contributed by atoms with van der Waals surface area (Å²) in [7, 11) is 0. The van der Waals surface area contributed by atoms with Crippen molar-refractivity contribution in [1.82, 2.24) is 30.4 Å². The highest BCUT2D eigenvalue weighted by molar-refractivity contribution is 9.10. The van der Waals surface area contributed by atoms with E-state index in [1.165, 1.54) is 11.3 Å². The first-order valence-corrected chi connectivity index (χ1v) is 11.3. The van der Waals surface area contributed by atoms with Gasteiger partial charge in [0.1, 0.15) is 11.4 Å². The Morgan fingerprint density at radius 3 is 2.87 bits per heavy atom. The molecule has 162 valence electrons. The summed E-state index contributed by atoms with van der Waals surface area (Å²) < 4.78 is 7.24. The molecule has 13 heteroatoms. The molecule has 1 spiro atoms. The van der Waals surface area contributed by atoms with E-state index in [1.54, 1.807) is 0 Å². The van der Waals surface area contributed by atoms with Gasteiger partial charge in [-0.15, -0.1) is 20.4 Å². The van der Waals surface area contributed by atoms with Gasteiger partial charge >= 0.3 is 5.97 Å². The molecule has 0 amide bonds. The van der Waals surface area contributed by atoms with Gasteiger partial charge in [-0.1, -0.05) is 33.3 Å². The lowest BCUT2D eigenvalue weighted by molar-refractivity contribution is -0.138. The molecule has 1 saturated heterocycles. The van der Waals surface area contributed by atoms with Gasteiger partial charge in [0.2, 0.25) is 11.0 Å². The van der Waals surface area contributed by atoms with Crippen LogP contribution >= 0.6 is 27.3 Å². The van der Waals surface area contributed by atoms with Gasteiger partial charge in [-0.05, 0) is 17.3 Å². The monoisotopic (exact) mass is 507 g/mol. The molecule has 0 radical (unpaired) electrons. The van der Waals surface area contributed by atoms with Crippen LogP contribution in [0, 0.1) is 0 Å². The minimum Gasteiger partial charge on any atom is -0.487 e. The molecule has 4 heterocycles. The Morgan fingerprint density at radius 2 is 2.10 bits per heavy atom. The Balaban J connectivity index is 1.27. The molecule has 2 aromatic heterocycles. The molecule has 2 N–H and O–H groups in total. The largest absolute Gasteiger partial charge is 0.487 e. The standard InChI is InChI=1S/C18H18BrN7O4S/c19-10-2-1-3-12-14(10)11(27)8-18(30-12)4-6-25(7-5-18)17-22-21-16(31-17)15-20-24-26(23-15)9-13(28)29/h1-3,11,27H,4-9H2,(H,28,29). The van der Waals surface area contributed by atoms with Crippen LogP contribution in [0.15, 0.2) is 22.7 Å². The highest BCUT2D eigenvalue weighted by atomic mass is 79.9. The molecule has 1 unspecified atom stereocenters. The van der Waals surface area contributed by atoms with Gasteiger partial charge in [-0.25, -0.2) is 0 Å². The summed E-state index contributed by atoms with van der Waals surface area (Å²) in [6, 6.07) is 5.72. The third-order valence-electron chi connectivity index (χ3n) is 5.52. The smallest absolute Gasteiger partial charge is 0.327 e. The number of anilines is 1. The number of hydrogen-bond acceptors (Lipinski definition) is 10. The van der Waals surface area contributed by atoms with E-state index in [2.05, 4.69) is 46.4 Å². The number of nitrogens with zero attached hydrogens (tertiary/aromatic N) is 7. The Morgan fingerprint density at radius 1 is 1.29 bits per heavy atom. The van der Waals surface area contributed by atoms with Gasteiger partial charge in [-0.2, -0.15) is 4.80 Å². The van der Waals surface area contributed by atoms with Crippen LogP contribution in [0.3, 0.4) is 0 Å². The molecule has 0 aliphatic carbocycles. The van der Waals surface area contributed by atoms with Crippen molar-refractivity contribution < 1.29 is 19.7 Å². The van der Waals surface area contributed by atoms with Crippen molar-refractivity contribution in [2.45, 2.75) is 37.5 Å². The number of aliphatic carboxylic acids is 1. The summed E-state index contributed by atoms with van der Waals surface area (Å²) in [5.41, 5.74) is 0.408. The third-order valence-corrected chi connectivity index (χ3v) is 7.19. The van der Waals surface area contributed by atoms with E-state index < -0.39 is 17.7 Å². The lowest BCUT2D eigenvalue weighted by Crippen LogP contribution is -2.50. The summed E-state index contributed by atoms with van der Waals surface area (Å²) in [6.45, 7) is 1.06. The number of carboxylic acids is 1. The maximum Gasteiger partial charge on any atom is 0.327 e. The number of benzene rings is 1. The van der Waals surface area contributed by atoms with Gasteiger partial charge in [-0.3, -0.25) is 4.79 Å². The number of halogens is 1. The average Bonchev–Trinajstić information content (AvgIpc) is 3.37. The van der Waals surface area contributed by atoms with Crippen LogP contribution in [-0.4, -0.2) is 65.3 Å². The molecule has 2 aliphatic heterocycles. The van der Waals surface area contributed by atoms with Crippen LogP contribution in [0.4, 0.5) is 5.13 Å². The average molecular weight is 508 g/mol. The molecule has 31 heavy (non-hydrogen) atoms. The number of piperidine rings is 1. The summed E-state index contributed by atoms with van der Waals surface area (Å²) in [4.78, 5) is 13.9. The Labute approximate surface area is 188 Å². The number of carbonyl (C=O) groups is 1. The van der Waals surface area contributed by atoms with Crippen LogP contribution in [0.5, 0.6) is 5.75 Å². The predicted octanol–water partition coefficient (Wildman–Crippen LogP) is 1.89. The van der Waals surface area contributed by atoms with Crippen molar-refractivity contribution in [3.63, 3.8) is 0 Å². The first-order valence-electron chi connectivity index (χ1n) is 9.66. The van der Waals surface area contributed by atoms with Gasteiger partial charge in [0, 0.05) is 42.4 Å². The zero-order valence-electron chi connectivity index (χ0n) is 16.2. The fraction of sp³-hybridized carbons (Fsp3) is 0.444. The van der Waals surface area contributed by atoms with Crippen LogP contribution in [0.1, 0.15) is 30.9 Å². The van der Waals surface area contributed by atoms with E-state index in [0.29, 0.717) is 24.5 Å². The maximum absolute atomic E-state index is 10.8. The first kappa shape index (κ1) is 20.3. The second kappa shape index (κ2) is 7.80. The Hall–Kier alpha value is -2.64. The van der Waals surface area contributed by atoms with Gasteiger partial charge in [0.15, 0.2) is 11.6 Å². The second-order valence-corrected chi connectivity index (χ2v) is 9.38. The zero-order valence-corrected chi connectivity index (χ0v) is 18.6. The number of rotatable bonds is 4. The minimum atomic E-state index is -1.05. The highest BCUT2D eigenvalue weighted by Gasteiger charge is 2.44. The summed E-state index contributed by atoms with van der Waals surface area (Å²) in [6.07, 6.45) is 1.48. The fourth-order valence-electron chi connectivity index (χ4n) is 4.02. The molecule has 3 aromatic rings. The van der Waals surface area contributed by atoms with Crippen molar-refractivity contribution in [1.29, 1.82) is 0 Å². The second-order valence-electron chi connectivity index (χ2n) is 7.57. The number of carboxylic acid groups (broad SMARTS) is 1. The van der Waals surface area contributed by atoms with Gasteiger partial charge in [0.05, 0.1) is 6.10 Å². The van der Waals surface area contributed by atoms with Crippen LogP contribution < -0.4 is 9.64 Å². The Bertz CT molecular complexity index is 1130. The van der Waals surface area contributed by atoms with Crippen molar-refractivity contribution in [3.8, 4) is 16.6 Å². The van der Waals surface area contributed by atoms with Crippen molar-refractivity contribution in [2.24, 2.45) is 0 Å². The normalized spacial score (nSPS) is 19.8. The lowest BCUT2D eigenvalue weighted by atomic mass is 9.82. The first-order chi connectivity index (χ1) is 14.9. The molecule has 11 nitrogen and oxygen atoms in total. The molecule has 1 fully saturated rings. The van der Waals surface area contributed by atoms with E-state index in [1.807, 2.05) is 18.2 Å². The fourth-order valence-corrected chi connectivity index (χ4v) is 5.45. The summed E-state index contributed by atoms with van der Waals surface area (Å²) >= 11 is 4.83. The van der Waals surface area contributed by atoms with Crippen molar-refractivity contribution in [2.75, 3.05) is 18.0 Å². The van der Waals surface area contributed by atoms with Crippen LogP contribution in [0.2, 0.25) is 0 Å². The number of aliphatic hydroxyl groups excluding tert-OH is 1. The molecular weight excluding hydrogens is 490 g/mol. The van der Waals surface area contributed by atoms with Crippen LogP contribution in [0.25, 0.3) is 10.8 Å². The third kappa shape index (κ3) is 3.88. The molecule has 0 bridgehead atoms. The predicted molar refractivity (Wildman–Crippen MR) is 113 cm³/mol. The van der Waals surface area contributed by atoms with Crippen molar-refractivity contribution >= 4 is 38.4 Å². The number of aromatic nitrogens is 6. The molecule has 2 aliphatic rings. The number of tetrazole rings is 1. The van der Waals surface area contributed by atoms with E-state index >= 15 is 0 Å². The van der Waals surface area contributed by atoms with E-state index in [4.69, 9.17) is 9.84 Å². The molecule has 5 rings (SSSR count). The molecule has 1 aromatic carbocycles. The number of hydrogen-bond donors (Lipinski definition) is 2.